The zero-order valence-electron chi connectivity index (χ0n) is 9.08. The summed E-state index contributed by atoms with van der Waals surface area (Å²) in [7, 11) is 0. The summed E-state index contributed by atoms with van der Waals surface area (Å²) >= 11 is 1.46. The Morgan fingerprint density at radius 3 is 2.67 bits per heavy atom. The van der Waals surface area contributed by atoms with Gasteiger partial charge in [0.05, 0.1) is 11.0 Å². The van der Waals surface area contributed by atoms with Gasteiger partial charge in [0.15, 0.2) is 0 Å². The number of nitrogens with two attached hydrogens (primary N) is 1. The van der Waals surface area contributed by atoms with Crippen LogP contribution in [0, 0.1) is 15.9 Å². The van der Waals surface area contributed by atoms with Crippen LogP contribution in [0.25, 0.3) is 0 Å². The summed E-state index contributed by atoms with van der Waals surface area (Å²) in [5, 5.41) is 12.5. The van der Waals surface area contributed by atoms with E-state index in [1.165, 1.54) is 23.5 Å². The Hall–Kier alpha value is -1.50. The maximum atomic E-state index is 13.1. The Morgan fingerprint density at radius 2 is 2.11 bits per heavy atom. The van der Waals surface area contributed by atoms with Crippen LogP contribution in [0.4, 0.5) is 10.1 Å². The molecule has 0 aliphatic rings. The fourth-order valence-corrected chi connectivity index (χ4v) is 2.25. The SMILES string of the molecule is Cl.N[C@@H](c1ccc(F)c([N+](=O)[O-])c1)c1cccs1. The van der Waals surface area contributed by atoms with Crippen LogP contribution in [0.15, 0.2) is 35.7 Å². The molecule has 1 atom stereocenters. The molecular formula is C11H10ClFN2O2S. The molecule has 2 rings (SSSR count). The van der Waals surface area contributed by atoms with Crippen molar-refractivity contribution in [1.82, 2.24) is 0 Å². The van der Waals surface area contributed by atoms with Gasteiger partial charge in [-0.3, -0.25) is 10.1 Å². The average Bonchev–Trinajstić information content (AvgIpc) is 2.81. The summed E-state index contributed by atoms with van der Waals surface area (Å²) in [5.41, 5.74) is 5.93. The molecule has 0 saturated carbocycles. The molecule has 0 aliphatic carbocycles. The lowest BCUT2D eigenvalue weighted by Crippen LogP contribution is -2.10. The normalized spacial score (nSPS) is 11.7. The molecule has 4 nitrogen and oxygen atoms in total. The topological polar surface area (TPSA) is 69.2 Å². The van der Waals surface area contributed by atoms with Crippen molar-refractivity contribution in [2.45, 2.75) is 6.04 Å². The number of nitro benzene ring substituents is 1. The van der Waals surface area contributed by atoms with Gasteiger partial charge in [-0.15, -0.1) is 23.7 Å². The van der Waals surface area contributed by atoms with Gasteiger partial charge in [0.1, 0.15) is 0 Å². The highest BCUT2D eigenvalue weighted by Crippen LogP contribution is 2.27. The van der Waals surface area contributed by atoms with Gasteiger partial charge < -0.3 is 5.73 Å². The second-order valence-corrected chi connectivity index (χ2v) is 4.44. The van der Waals surface area contributed by atoms with Crippen LogP contribution in [-0.2, 0) is 0 Å². The van der Waals surface area contributed by atoms with E-state index in [2.05, 4.69) is 0 Å². The molecule has 2 aromatic rings. The van der Waals surface area contributed by atoms with E-state index < -0.39 is 22.5 Å². The van der Waals surface area contributed by atoms with Crippen molar-refractivity contribution in [2.24, 2.45) is 5.73 Å². The summed E-state index contributed by atoms with van der Waals surface area (Å²) in [4.78, 5) is 10.7. The molecule has 0 unspecified atom stereocenters. The Balaban J connectivity index is 0.00000162. The van der Waals surface area contributed by atoms with E-state index in [0.29, 0.717) is 5.56 Å². The molecule has 2 N–H and O–H groups in total. The Kier molecular flexibility index (Phi) is 4.77. The zero-order valence-corrected chi connectivity index (χ0v) is 10.7. The number of hydrogen-bond donors (Lipinski definition) is 1. The van der Waals surface area contributed by atoms with Crippen LogP contribution in [0.5, 0.6) is 0 Å². The number of halogens is 2. The predicted molar refractivity (Wildman–Crippen MR) is 70.7 cm³/mol. The van der Waals surface area contributed by atoms with E-state index in [1.54, 1.807) is 0 Å². The van der Waals surface area contributed by atoms with Crippen molar-refractivity contribution in [3.8, 4) is 0 Å². The number of rotatable bonds is 3. The van der Waals surface area contributed by atoms with Crippen molar-refractivity contribution in [1.29, 1.82) is 0 Å². The van der Waals surface area contributed by atoms with Crippen molar-refractivity contribution in [2.75, 3.05) is 0 Å². The molecule has 18 heavy (non-hydrogen) atoms. The quantitative estimate of drug-likeness (QED) is 0.696. The van der Waals surface area contributed by atoms with E-state index in [4.69, 9.17) is 5.73 Å². The molecule has 7 heteroatoms. The number of nitrogens with zero attached hydrogens (tertiary/aromatic N) is 1. The number of nitro groups is 1. The lowest BCUT2D eigenvalue weighted by atomic mass is 10.1. The van der Waals surface area contributed by atoms with Gasteiger partial charge in [0.25, 0.3) is 0 Å². The summed E-state index contributed by atoms with van der Waals surface area (Å²) < 4.78 is 13.1. The largest absolute Gasteiger partial charge is 0.320 e. The Morgan fingerprint density at radius 1 is 1.39 bits per heavy atom. The maximum absolute atomic E-state index is 13.1. The molecule has 1 heterocycles. The molecular weight excluding hydrogens is 279 g/mol. The van der Waals surface area contributed by atoms with Gasteiger partial charge in [-0.25, -0.2) is 0 Å². The first-order chi connectivity index (χ1) is 8.09. The van der Waals surface area contributed by atoms with Gasteiger partial charge in [-0.2, -0.15) is 4.39 Å². The highest BCUT2D eigenvalue weighted by atomic mass is 35.5. The molecule has 1 aromatic heterocycles. The molecule has 0 spiro atoms. The van der Waals surface area contributed by atoms with E-state index in [1.807, 2.05) is 17.5 Å². The van der Waals surface area contributed by atoms with Gasteiger partial charge in [-0.05, 0) is 23.1 Å². The van der Waals surface area contributed by atoms with Crippen molar-refractivity contribution in [3.05, 3.63) is 62.1 Å². The smallest absolute Gasteiger partial charge is 0.305 e. The first kappa shape index (κ1) is 14.6. The number of thiophene rings is 1. The highest BCUT2D eigenvalue weighted by molar-refractivity contribution is 7.10. The van der Waals surface area contributed by atoms with E-state index in [0.717, 1.165) is 10.9 Å². The minimum absolute atomic E-state index is 0. The fourth-order valence-electron chi connectivity index (χ4n) is 1.50. The molecule has 0 bridgehead atoms. The van der Waals surface area contributed by atoms with Gasteiger partial charge >= 0.3 is 5.69 Å². The van der Waals surface area contributed by atoms with Gasteiger partial charge in [0, 0.05) is 10.9 Å². The van der Waals surface area contributed by atoms with E-state index in [9.17, 15) is 14.5 Å². The minimum atomic E-state index is -0.850. The summed E-state index contributed by atoms with van der Waals surface area (Å²) in [5.74, 6) is -0.850. The summed E-state index contributed by atoms with van der Waals surface area (Å²) in [6.07, 6.45) is 0. The standard InChI is InChI=1S/C11H9FN2O2S.ClH/c12-8-4-3-7(6-9(8)14(15)16)11(13)10-2-1-5-17-10;/h1-6,11H,13H2;1H/t11-;/m0./s1. The molecule has 0 saturated heterocycles. The monoisotopic (exact) mass is 288 g/mol. The molecule has 96 valence electrons. The molecule has 0 radical (unpaired) electrons. The second-order valence-electron chi connectivity index (χ2n) is 3.46. The average molecular weight is 289 g/mol. The first-order valence-corrected chi connectivity index (χ1v) is 5.70. The Labute approximate surface area is 113 Å². The predicted octanol–water partition coefficient (Wildman–Crippen LogP) is 3.27. The highest BCUT2D eigenvalue weighted by Gasteiger charge is 2.18. The van der Waals surface area contributed by atoms with Crippen LogP contribution >= 0.6 is 23.7 Å². The summed E-state index contributed by atoms with van der Waals surface area (Å²) in [6.45, 7) is 0. The second kappa shape index (κ2) is 5.90. The Bertz CT molecular complexity index is 548. The van der Waals surface area contributed by atoms with Crippen LogP contribution in [0.2, 0.25) is 0 Å². The van der Waals surface area contributed by atoms with Gasteiger partial charge in [0.2, 0.25) is 5.82 Å². The summed E-state index contributed by atoms with van der Waals surface area (Å²) in [6, 6.07) is 6.93. The number of benzene rings is 1. The number of hydrogen-bond acceptors (Lipinski definition) is 4. The van der Waals surface area contributed by atoms with Crippen molar-refractivity contribution >= 4 is 29.4 Å². The lowest BCUT2D eigenvalue weighted by molar-refractivity contribution is -0.387. The van der Waals surface area contributed by atoms with Crippen LogP contribution in [-0.4, -0.2) is 4.92 Å². The van der Waals surface area contributed by atoms with Crippen molar-refractivity contribution in [3.63, 3.8) is 0 Å². The third-order valence-corrected chi connectivity index (χ3v) is 3.33. The molecule has 0 aliphatic heterocycles. The molecule has 0 fully saturated rings. The molecule has 1 aromatic carbocycles. The van der Waals surface area contributed by atoms with Gasteiger partial charge in [-0.1, -0.05) is 12.1 Å². The minimum Gasteiger partial charge on any atom is -0.320 e. The maximum Gasteiger partial charge on any atom is 0.305 e. The van der Waals surface area contributed by atoms with E-state index in [-0.39, 0.29) is 12.4 Å². The third-order valence-electron chi connectivity index (χ3n) is 2.38. The van der Waals surface area contributed by atoms with E-state index >= 15 is 0 Å². The lowest BCUT2D eigenvalue weighted by Gasteiger charge is -2.09. The zero-order chi connectivity index (χ0) is 12.4. The van der Waals surface area contributed by atoms with Crippen LogP contribution in [0.3, 0.4) is 0 Å². The van der Waals surface area contributed by atoms with Crippen LogP contribution < -0.4 is 5.73 Å². The van der Waals surface area contributed by atoms with Crippen molar-refractivity contribution < 1.29 is 9.31 Å². The molecule has 0 amide bonds. The third kappa shape index (κ3) is 2.84. The van der Waals surface area contributed by atoms with Crippen LogP contribution in [0.1, 0.15) is 16.5 Å². The fraction of sp³-hybridized carbons (Fsp3) is 0.0909. The first-order valence-electron chi connectivity index (χ1n) is 4.82.